The van der Waals surface area contributed by atoms with Gasteiger partial charge in [-0.2, -0.15) is 5.10 Å². The fourth-order valence-corrected chi connectivity index (χ4v) is 4.33. The molecule has 140 valence electrons. The van der Waals surface area contributed by atoms with Crippen molar-refractivity contribution in [2.75, 3.05) is 13.6 Å². The third-order valence-electron chi connectivity index (χ3n) is 4.95. The summed E-state index contributed by atoms with van der Waals surface area (Å²) < 4.78 is 1.68. The topological polar surface area (TPSA) is 92.5 Å². The Hall–Kier alpha value is -2.81. The van der Waals surface area contributed by atoms with E-state index in [0.717, 1.165) is 30.7 Å². The zero-order valence-electron chi connectivity index (χ0n) is 15.2. The van der Waals surface area contributed by atoms with Gasteiger partial charge in [0.2, 0.25) is 0 Å². The molecule has 2 amide bonds. The van der Waals surface area contributed by atoms with Gasteiger partial charge in [0.1, 0.15) is 10.4 Å². The van der Waals surface area contributed by atoms with Crippen LogP contribution in [-0.4, -0.2) is 49.9 Å². The molecular formula is C18H20N6O2S. The Morgan fingerprint density at radius 2 is 2.15 bits per heavy atom. The van der Waals surface area contributed by atoms with Crippen molar-refractivity contribution in [3.05, 3.63) is 45.8 Å². The van der Waals surface area contributed by atoms with Crippen LogP contribution in [0.25, 0.3) is 5.65 Å². The van der Waals surface area contributed by atoms with Crippen LogP contribution in [0.4, 0.5) is 0 Å². The molecule has 4 rings (SSSR count). The van der Waals surface area contributed by atoms with Crippen molar-refractivity contribution < 1.29 is 9.59 Å². The van der Waals surface area contributed by atoms with E-state index in [9.17, 15) is 9.59 Å². The molecule has 0 unspecified atom stereocenters. The van der Waals surface area contributed by atoms with Crippen LogP contribution in [0.3, 0.4) is 0 Å². The molecule has 1 atom stereocenters. The second-order valence-electron chi connectivity index (χ2n) is 6.52. The number of nitrogens with zero attached hydrogens (tertiary/aromatic N) is 5. The molecule has 8 nitrogen and oxygen atoms in total. The molecule has 4 heterocycles. The summed E-state index contributed by atoms with van der Waals surface area (Å²) in [6.45, 7) is 2.55. The lowest BCUT2D eigenvalue weighted by molar-refractivity contribution is 0.0607. The highest BCUT2D eigenvalue weighted by Gasteiger charge is 2.32. The number of likely N-dealkylation sites (tertiary alicyclic amines) is 1. The van der Waals surface area contributed by atoms with Crippen molar-refractivity contribution in [1.29, 1.82) is 0 Å². The highest BCUT2D eigenvalue weighted by atomic mass is 32.1. The van der Waals surface area contributed by atoms with Crippen LogP contribution in [-0.2, 0) is 0 Å². The number of aryl methyl sites for hydroxylation is 1. The Kier molecular flexibility index (Phi) is 4.61. The quantitative estimate of drug-likeness (QED) is 0.747. The largest absolute Gasteiger partial charge is 0.355 e. The SMILES string of the molecule is CNC(=O)c1cnn2c([C@H]3CCCCN3C(=O)c3scnc3C)ccnc12. The first kappa shape index (κ1) is 17.6. The second-order valence-corrected chi connectivity index (χ2v) is 7.37. The highest BCUT2D eigenvalue weighted by Crippen LogP contribution is 2.33. The number of hydrogen-bond acceptors (Lipinski definition) is 6. The molecule has 3 aromatic rings. The first-order valence-electron chi connectivity index (χ1n) is 8.87. The summed E-state index contributed by atoms with van der Waals surface area (Å²) in [4.78, 5) is 36.3. The maximum atomic E-state index is 13.1. The number of amides is 2. The van der Waals surface area contributed by atoms with E-state index in [4.69, 9.17) is 0 Å². The molecule has 0 saturated carbocycles. The number of nitrogens with one attached hydrogen (secondary N) is 1. The van der Waals surface area contributed by atoms with Crippen molar-refractivity contribution in [1.82, 2.24) is 29.8 Å². The van der Waals surface area contributed by atoms with Gasteiger partial charge in [0, 0.05) is 19.8 Å². The highest BCUT2D eigenvalue weighted by molar-refractivity contribution is 7.11. The molecule has 1 aliphatic heterocycles. The Labute approximate surface area is 160 Å². The first-order chi connectivity index (χ1) is 13.1. The van der Waals surface area contributed by atoms with E-state index in [1.165, 1.54) is 17.5 Å². The number of rotatable bonds is 3. The minimum absolute atomic E-state index is 0.00310. The molecule has 1 N–H and O–H groups in total. The van der Waals surface area contributed by atoms with Crippen molar-refractivity contribution in [3.8, 4) is 0 Å². The van der Waals surface area contributed by atoms with Gasteiger partial charge in [-0.1, -0.05) is 0 Å². The number of piperidine rings is 1. The van der Waals surface area contributed by atoms with Crippen LogP contribution in [0.15, 0.2) is 24.0 Å². The summed E-state index contributed by atoms with van der Waals surface area (Å²) in [6, 6.07) is 1.76. The summed E-state index contributed by atoms with van der Waals surface area (Å²) >= 11 is 1.37. The van der Waals surface area contributed by atoms with Crippen LogP contribution >= 0.6 is 11.3 Å². The lowest BCUT2D eigenvalue weighted by atomic mass is 9.98. The van der Waals surface area contributed by atoms with Crippen LogP contribution in [0, 0.1) is 6.92 Å². The Balaban J connectivity index is 1.76. The average Bonchev–Trinajstić information content (AvgIpc) is 3.33. The van der Waals surface area contributed by atoms with E-state index in [2.05, 4.69) is 20.4 Å². The minimum Gasteiger partial charge on any atom is -0.355 e. The first-order valence-corrected chi connectivity index (χ1v) is 9.75. The molecule has 0 spiro atoms. The van der Waals surface area contributed by atoms with E-state index in [1.807, 2.05) is 17.9 Å². The molecule has 1 aliphatic rings. The third kappa shape index (κ3) is 2.97. The molecule has 27 heavy (non-hydrogen) atoms. The second kappa shape index (κ2) is 7.07. The van der Waals surface area contributed by atoms with Gasteiger partial charge < -0.3 is 10.2 Å². The fourth-order valence-electron chi connectivity index (χ4n) is 3.58. The monoisotopic (exact) mass is 384 g/mol. The Morgan fingerprint density at radius 1 is 1.30 bits per heavy atom. The fraction of sp³-hybridized carbons (Fsp3) is 0.389. The maximum Gasteiger partial charge on any atom is 0.266 e. The Bertz CT molecular complexity index is 1010. The van der Waals surface area contributed by atoms with Gasteiger partial charge in [0.25, 0.3) is 11.8 Å². The van der Waals surface area contributed by atoms with Gasteiger partial charge in [-0.05, 0) is 32.3 Å². The number of carbonyl (C=O) groups is 2. The van der Waals surface area contributed by atoms with Crippen molar-refractivity contribution in [3.63, 3.8) is 0 Å². The van der Waals surface area contributed by atoms with Gasteiger partial charge in [-0.15, -0.1) is 11.3 Å². The summed E-state index contributed by atoms with van der Waals surface area (Å²) in [5, 5.41) is 6.99. The van der Waals surface area contributed by atoms with Crippen LogP contribution < -0.4 is 5.32 Å². The summed E-state index contributed by atoms with van der Waals surface area (Å²) in [5.74, 6) is -0.227. The van der Waals surface area contributed by atoms with E-state index in [0.29, 0.717) is 22.6 Å². The van der Waals surface area contributed by atoms with Gasteiger partial charge in [-0.3, -0.25) is 9.59 Å². The zero-order chi connectivity index (χ0) is 19.0. The number of fused-ring (bicyclic) bond motifs is 1. The molecule has 1 saturated heterocycles. The smallest absolute Gasteiger partial charge is 0.266 e. The summed E-state index contributed by atoms with van der Waals surface area (Å²) in [7, 11) is 1.58. The van der Waals surface area contributed by atoms with E-state index in [1.54, 1.807) is 23.3 Å². The molecular weight excluding hydrogens is 364 g/mol. The van der Waals surface area contributed by atoms with Crippen molar-refractivity contribution >= 4 is 28.8 Å². The number of carbonyl (C=O) groups excluding carboxylic acids is 2. The molecule has 9 heteroatoms. The third-order valence-corrected chi connectivity index (χ3v) is 5.86. The van der Waals surface area contributed by atoms with E-state index in [-0.39, 0.29) is 17.9 Å². The zero-order valence-corrected chi connectivity index (χ0v) is 16.0. The van der Waals surface area contributed by atoms with E-state index >= 15 is 0 Å². The standard InChI is InChI=1S/C18H20N6O2S/c1-11-15(27-10-21-11)18(26)23-8-4-3-5-13(23)14-6-7-20-16-12(17(25)19-2)9-22-24(14)16/h6-7,9-10,13H,3-5,8H2,1-2H3,(H,19,25)/t13-/m1/s1. The predicted octanol–water partition coefficient (Wildman–Crippen LogP) is 2.22. The normalized spacial score (nSPS) is 17.3. The van der Waals surface area contributed by atoms with Gasteiger partial charge >= 0.3 is 0 Å². The molecule has 0 radical (unpaired) electrons. The summed E-state index contributed by atoms with van der Waals surface area (Å²) in [6.07, 6.45) is 6.04. The van der Waals surface area contributed by atoms with Crippen LogP contribution in [0.2, 0.25) is 0 Å². The van der Waals surface area contributed by atoms with Gasteiger partial charge in [0.15, 0.2) is 5.65 Å². The van der Waals surface area contributed by atoms with E-state index < -0.39 is 0 Å². The van der Waals surface area contributed by atoms with Crippen LogP contribution in [0.5, 0.6) is 0 Å². The number of aromatic nitrogens is 4. The average molecular weight is 384 g/mol. The van der Waals surface area contributed by atoms with Gasteiger partial charge in [0.05, 0.1) is 29.1 Å². The number of thiazole rings is 1. The number of hydrogen-bond donors (Lipinski definition) is 1. The minimum atomic E-state index is -0.230. The molecule has 3 aromatic heterocycles. The van der Waals surface area contributed by atoms with Crippen molar-refractivity contribution in [2.24, 2.45) is 0 Å². The van der Waals surface area contributed by atoms with Crippen molar-refractivity contribution in [2.45, 2.75) is 32.2 Å². The summed E-state index contributed by atoms with van der Waals surface area (Å²) in [5.41, 5.74) is 4.25. The lowest BCUT2D eigenvalue weighted by Gasteiger charge is -2.35. The van der Waals surface area contributed by atoms with Crippen LogP contribution in [0.1, 0.15) is 56.7 Å². The lowest BCUT2D eigenvalue weighted by Crippen LogP contribution is -2.39. The Morgan fingerprint density at radius 3 is 2.89 bits per heavy atom. The molecule has 0 aromatic carbocycles. The molecule has 0 bridgehead atoms. The maximum absolute atomic E-state index is 13.1. The predicted molar refractivity (Wildman–Crippen MR) is 101 cm³/mol. The molecule has 0 aliphatic carbocycles. The molecule has 1 fully saturated rings. The van der Waals surface area contributed by atoms with Gasteiger partial charge in [-0.25, -0.2) is 14.5 Å².